The van der Waals surface area contributed by atoms with E-state index in [0.717, 1.165) is 0 Å². The van der Waals surface area contributed by atoms with Gasteiger partial charge in [-0.2, -0.15) is 0 Å². The summed E-state index contributed by atoms with van der Waals surface area (Å²) in [4.78, 5) is 0. The van der Waals surface area contributed by atoms with E-state index in [2.05, 4.69) is 0 Å². The molecule has 0 spiro atoms. The van der Waals surface area contributed by atoms with E-state index in [-0.39, 0.29) is 12.0 Å². The highest BCUT2D eigenvalue weighted by atomic mass is 32.2. The highest BCUT2D eigenvalue weighted by Crippen LogP contribution is 2.23. The van der Waals surface area contributed by atoms with Gasteiger partial charge in [-0.15, -0.1) is 0 Å². The minimum atomic E-state index is -2.89. The molecule has 0 amide bonds. The molecule has 14 heavy (non-hydrogen) atoms. The van der Waals surface area contributed by atoms with Gasteiger partial charge in [-0.1, -0.05) is 34.6 Å². The topological polar surface area (TPSA) is 37.4 Å². The molecule has 2 atom stereocenters. The van der Waals surface area contributed by atoms with E-state index < -0.39 is 10.0 Å². The van der Waals surface area contributed by atoms with Crippen LogP contribution in [0.4, 0.5) is 0 Å². The quantitative estimate of drug-likeness (QED) is 0.632. The van der Waals surface area contributed by atoms with E-state index in [0.29, 0.717) is 5.75 Å². The third kappa shape index (κ3) is 3.96. The number of hydrogen-bond acceptors (Lipinski definition) is 2. The van der Waals surface area contributed by atoms with E-state index >= 15 is 0 Å². The molecular formula is C10H25NO2S. The lowest BCUT2D eigenvalue weighted by Gasteiger charge is -2.14. The predicted molar refractivity (Wildman–Crippen MR) is 62.9 cm³/mol. The van der Waals surface area contributed by atoms with Gasteiger partial charge >= 0.3 is 0 Å². The SMILES string of the molecule is CC.CC.C[C@H]1CS(=O)(=O)N(C)[C@H]1C. The van der Waals surface area contributed by atoms with Crippen LogP contribution in [0, 0.1) is 5.92 Å². The van der Waals surface area contributed by atoms with Crippen molar-refractivity contribution in [2.45, 2.75) is 47.6 Å². The Morgan fingerprint density at radius 1 is 1.07 bits per heavy atom. The maximum atomic E-state index is 11.1. The summed E-state index contributed by atoms with van der Waals surface area (Å²) in [6.45, 7) is 11.9. The van der Waals surface area contributed by atoms with Gasteiger partial charge < -0.3 is 0 Å². The fourth-order valence-corrected chi connectivity index (χ4v) is 3.09. The molecule has 0 aromatic rings. The third-order valence-corrected chi connectivity index (χ3v) is 4.47. The predicted octanol–water partition coefficient (Wildman–Crippen LogP) is 2.34. The molecule has 1 rings (SSSR count). The fourth-order valence-electron chi connectivity index (χ4n) is 1.20. The van der Waals surface area contributed by atoms with Gasteiger partial charge in [0.15, 0.2) is 0 Å². The Hall–Kier alpha value is -0.0900. The van der Waals surface area contributed by atoms with E-state index in [9.17, 15) is 8.42 Å². The molecule has 0 aliphatic carbocycles. The van der Waals surface area contributed by atoms with Crippen LogP contribution in [0.5, 0.6) is 0 Å². The van der Waals surface area contributed by atoms with Crippen molar-refractivity contribution in [1.29, 1.82) is 0 Å². The van der Waals surface area contributed by atoms with Gasteiger partial charge in [0.05, 0.1) is 5.75 Å². The van der Waals surface area contributed by atoms with Gasteiger partial charge in [-0.25, -0.2) is 12.7 Å². The zero-order chi connectivity index (χ0) is 11.9. The third-order valence-electron chi connectivity index (χ3n) is 2.31. The normalized spacial score (nSPS) is 29.6. The second-order valence-corrected chi connectivity index (χ2v) is 5.09. The molecule has 1 aliphatic rings. The highest BCUT2D eigenvalue weighted by Gasteiger charge is 2.36. The van der Waals surface area contributed by atoms with E-state index in [1.54, 1.807) is 7.05 Å². The van der Waals surface area contributed by atoms with Crippen molar-refractivity contribution in [2.75, 3.05) is 12.8 Å². The zero-order valence-electron chi connectivity index (χ0n) is 10.5. The van der Waals surface area contributed by atoms with Crippen molar-refractivity contribution < 1.29 is 8.42 Å². The summed E-state index contributed by atoms with van der Waals surface area (Å²) in [5.74, 6) is 0.583. The van der Waals surface area contributed by atoms with Crippen LogP contribution < -0.4 is 0 Å². The first-order valence-corrected chi connectivity index (χ1v) is 7.02. The number of sulfonamides is 1. The van der Waals surface area contributed by atoms with Crippen molar-refractivity contribution in [1.82, 2.24) is 4.31 Å². The van der Waals surface area contributed by atoms with Crippen LogP contribution >= 0.6 is 0 Å². The largest absolute Gasteiger partial charge is 0.214 e. The highest BCUT2D eigenvalue weighted by molar-refractivity contribution is 7.89. The van der Waals surface area contributed by atoms with Gasteiger partial charge in [-0.3, -0.25) is 0 Å². The van der Waals surface area contributed by atoms with Crippen LogP contribution in [0.2, 0.25) is 0 Å². The lowest BCUT2D eigenvalue weighted by atomic mass is 10.1. The molecule has 0 bridgehead atoms. The molecule has 0 N–H and O–H groups in total. The molecule has 0 unspecified atom stereocenters. The van der Waals surface area contributed by atoms with Gasteiger partial charge in [0.25, 0.3) is 0 Å². The van der Waals surface area contributed by atoms with Crippen molar-refractivity contribution in [3.05, 3.63) is 0 Å². The molecule has 88 valence electrons. The van der Waals surface area contributed by atoms with E-state index in [1.807, 2.05) is 41.5 Å². The average molecular weight is 223 g/mol. The average Bonchev–Trinajstić information content (AvgIpc) is 2.36. The summed E-state index contributed by atoms with van der Waals surface area (Å²) in [6.07, 6.45) is 0. The molecule has 0 aromatic carbocycles. The van der Waals surface area contributed by atoms with Crippen molar-refractivity contribution in [3.8, 4) is 0 Å². The summed E-state index contributed by atoms with van der Waals surface area (Å²) >= 11 is 0. The summed E-state index contributed by atoms with van der Waals surface area (Å²) in [6, 6.07) is 0.171. The summed E-state index contributed by atoms with van der Waals surface area (Å²) in [5, 5.41) is 0. The van der Waals surface area contributed by atoms with Crippen molar-refractivity contribution >= 4 is 10.0 Å². The Morgan fingerprint density at radius 2 is 1.43 bits per heavy atom. The van der Waals surface area contributed by atoms with Crippen LogP contribution in [0.1, 0.15) is 41.5 Å². The first kappa shape index (κ1) is 16.3. The smallest absolute Gasteiger partial charge is 0.212 e. The number of hydrogen-bond donors (Lipinski definition) is 0. The molecular weight excluding hydrogens is 198 g/mol. The molecule has 1 heterocycles. The second kappa shape index (κ2) is 7.23. The first-order chi connectivity index (χ1) is 6.45. The Kier molecular flexibility index (Phi) is 8.45. The maximum absolute atomic E-state index is 11.1. The number of nitrogens with zero attached hydrogens (tertiary/aromatic N) is 1. The van der Waals surface area contributed by atoms with Crippen LogP contribution in [-0.2, 0) is 10.0 Å². The Labute approximate surface area is 89.6 Å². The monoisotopic (exact) mass is 223 g/mol. The Bertz CT molecular complexity index is 224. The van der Waals surface area contributed by atoms with Crippen LogP contribution in [0.3, 0.4) is 0 Å². The Balaban J connectivity index is 0. The van der Waals surface area contributed by atoms with Gasteiger partial charge in [0.2, 0.25) is 10.0 Å². The van der Waals surface area contributed by atoms with Crippen molar-refractivity contribution in [2.24, 2.45) is 5.92 Å². The van der Waals surface area contributed by atoms with Crippen molar-refractivity contribution in [3.63, 3.8) is 0 Å². The maximum Gasteiger partial charge on any atom is 0.214 e. The fraction of sp³-hybridized carbons (Fsp3) is 1.00. The van der Waals surface area contributed by atoms with Gasteiger partial charge in [0, 0.05) is 13.1 Å². The minimum absolute atomic E-state index is 0.171. The van der Waals surface area contributed by atoms with Crippen LogP contribution in [0.25, 0.3) is 0 Å². The standard InChI is InChI=1S/C6H13NO2S.2C2H6/c1-5-4-10(8,9)7(3)6(5)2;2*1-2/h5-6H,4H2,1-3H3;2*1-2H3/t5-,6-;;/m0../s1. The summed E-state index contributed by atoms with van der Waals surface area (Å²) < 4.78 is 23.7. The summed E-state index contributed by atoms with van der Waals surface area (Å²) in [7, 11) is -1.25. The summed E-state index contributed by atoms with van der Waals surface area (Å²) in [5.41, 5.74) is 0. The molecule has 0 radical (unpaired) electrons. The molecule has 1 saturated heterocycles. The van der Waals surface area contributed by atoms with E-state index in [1.165, 1.54) is 4.31 Å². The first-order valence-electron chi connectivity index (χ1n) is 5.41. The molecule has 0 saturated carbocycles. The van der Waals surface area contributed by atoms with Gasteiger partial charge in [-0.05, 0) is 12.8 Å². The lowest BCUT2D eigenvalue weighted by molar-refractivity contribution is 0.363. The second-order valence-electron chi connectivity index (χ2n) is 3.01. The number of rotatable bonds is 0. The van der Waals surface area contributed by atoms with Gasteiger partial charge in [0.1, 0.15) is 0 Å². The molecule has 0 aromatic heterocycles. The lowest BCUT2D eigenvalue weighted by Crippen LogP contribution is -2.27. The molecule has 4 heteroatoms. The Morgan fingerprint density at radius 3 is 1.50 bits per heavy atom. The van der Waals surface area contributed by atoms with Crippen LogP contribution in [0.15, 0.2) is 0 Å². The minimum Gasteiger partial charge on any atom is -0.212 e. The van der Waals surface area contributed by atoms with Crippen LogP contribution in [-0.4, -0.2) is 31.6 Å². The zero-order valence-corrected chi connectivity index (χ0v) is 11.4. The van der Waals surface area contributed by atoms with E-state index in [4.69, 9.17) is 0 Å². The molecule has 3 nitrogen and oxygen atoms in total. The molecule has 1 aliphatic heterocycles. The molecule has 1 fully saturated rings.